The summed E-state index contributed by atoms with van der Waals surface area (Å²) in [6, 6.07) is 19.7. The van der Waals surface area contributed by atoms with Gasteiger partial charge in [0.05, 0.1) is 11.4 Å². The lowest BCUT2D eigenvalue weighted by Gasteiger charge is -2.04. The van der Waals surface area contributed by atoms with Crippen LogP contribution in [0.3, 0.4) is 0 Å². The molecule has 0 N–H and O–H groups in total. The summed E-state index contributed by atoms with van der Waals surface area (Å²) >= 11 is 0. The van der Waals surface area contributed by atoms with E-state index in [1.165, 1.54) is 0 Å². The van der Waals surface area contributed by atoms with Gasteiger partial charge >= 0.3 is 0 Å². The van der Waals surface area contributed by atoms with E-state index in [2.05, 4.69) is 10.2 Å². The summed E-state index contributed by atoms with van der Waals surface area (Å²) in [5, 5.41) is 8.60. The third-order valence-electron chi connectivity index (χ3n) is 3.40. The van der Waals surface area contributed by atoms with E-state index in [-0.39, 0.29) is 6.79 Å². The Bertz CT molecular complexity index is 771. The molecule has 4 rings (SSSR count). The van der Waals surface area contributed by atoms with Crippen LogP contribution in [0.25, 0.3) is 22.5 Å². The molecule has 2 aromatic carbocycles. The highest BCUT2D eigenvalue weighted by molar-refractivity contribution is 5.66. The van der Waals surface area contributed by atoms with Gasteiger partial charge in [0.1, 0.15) is 0 Å². The zero-order chi connectivity index (χ0) is 14.1. The average molecular weight is 276 g/mol. The van der Waals surface area contributed by atoms with E-state index in [1.54, 1.807) is 0 Å². The van der Waals surface area contributed by atoms with E-state index >= 15 is 0 Å². The highest BCUT2D eigenvalue weighted by Gasteiger charge is 2.14. The Hall–Kier alpha value is -2.88. The summed E-state index contributed by atoms with van der Waals surface area (Å²) in [4.78, 5) is 0. The van der Waals surface area contributed by atoms with E-state index in [4.69, 9.17) is 9.47 Å². The fraction of sp³-hybridized carbons (Fsp3) is 0.0588. The van der Waals surface area contributed by atoms with Crippen LogP contribution in [0.15, 0.2) is 60.7 Å². The number of fused-ring (bicyclic) bond motifs is 1. The molecule has 0 amide bonds. The van der Waals surface area contributed by atoms with Crippen molar-refractivity contribution >= 4 is 0 Å². The summed E-state index contributed by atoms with van der Waals surface area (Å²) in [5.41, 5.74) is 3.70. The molecule has 1 aliphatic heterocycles. The van der Waals surface area contributed by atoms with Crippen molar-refractivity contribution in [1.29, 1.82) is 0 Å². The molecule has 0 fully saturated rings. The van der Waals surface area contributed by atoms with E-state index in [0.717, 1.165) is 34.0 Å². The van der Waals surface area contributed by atoms with Crippen molar-refractivity contribution in [1.82, 2.24) is 10.2 Å². The lowest BCUT2D eigenvalue weighted by molar-refractivity contribution is 0.174. The fourth-order valence-corrected chi connectivity index (χ4v) is 2.30. The van der Waals surface area contributed by atoms with Gasteiger partial charge in [-0.3, -0.25) is 0 Å². The van der Waals surface area contributed by atoms with Crippen molar-refractivity contribution in [3.63, 3.8) is 0 Å². The minimum absolute atomic E-state index is 0.275. The fourth-order valence-electron chi connectivity index (χ4n) is 2.30. The maximum atomic E-state index is 5.38. The zero-order valence-electron chi connectivity index (χ0n) is 11.2. The van der Waals surface area contributed by atoms with Crippen LogP contribution < -0.4 is 9.47 Å². The van der Waals surface area contributed by atoms with Crippen LogP contribution in [0.5, 0.6) is 11.5 Å². The molecule has 4 nitrogen and oxygen atoms in total. The van der Waals surface area contributed by atoms with Gasteiger partial charge < -0.3 is 9.47 Å². The number of hydrogen-bond acceptors (Lipinski definition) is 4. The van der Waals surface area contributed by atoms with Crippen molar-refractivity contribution in [3.8, 4) is 34.0 Å². The number of hydrogen-bond donors (Lipinski definition) is 0. The van der Waals surface area contributed by atoms with Crippen LogP contribution in [0.1, 0.15) is 0 Å². The standard InChI is InChI=1S/C17H12N2O2/c1-2-4-12(5-3-1)14-7-8-15(19-18-14)13-6-9-16-17(10-13)21-11-20-16/h1-10H,11H2. The van der Waals surface area contributed by atoms with Gasteiger partial charge in [-0.1, -0.05) is 30.3 Å². The second kappa shape index (κ2) is 4.90. The largest absolute Gasteiger partial charge is 0.454 e. The first-order valence-electron chi connectivity index (χ1n) is 6.69. The molecule has 21 heavy (non-hydrogen) atoms. The summed E-state index contributed by atoms with van der Waals surface area (Å²) in [5.74, 6) is 1.52. The number of nitrogens with zero attached hydrogens (tertiary/aromatic N) is 2. The maximum absolute atomic E-state index is 5.38. The van der Waals surface area contributed by atoms with Crippen molar-refractivity contribution in [3.05, 3.63) is 60.7 Å². The quantitative estimate of drug-likeness (QED) is 0.718. The van der Waals surface area contributed by atoms with E-state index in [9.17, 15) is 0 Å². The Morgan fingerprint density at radius 3 is 2.14 bits per heavy atom. The van der Waals surface area contributed by atoms with Gasteiger partial charge in [0.2, 0.25) is 6.79 Å². The molecule has 0 saturated carbocycles. The lowest BCUT2D eigenvalue weighted by atomic mass is 10.1. The molecule has 0 aliphatic carbocycles. The molecule has 0 unspecified atom stereocenters. The predicted octanol–water partition coefficient (Wildman–Crippen LogP) is 3.54. The topological polar surface area (TPSA) is 44.2 Å². The molecule has 1 aliphatic rings. The number of rotatable bonds is 2. The van der Waals surface area contributed by atoms with E-state index < -0.39 is 0 Å². The molecule has 0 atom stereocenters. The second-order valence-electron chi connectivity index (χ2n) is 4.74. The van der Waals surface area contributed by atoms with Crippen molar-refractivity contribution in [2.75, 3.05) is 6.79 Å². The van der Waals surface area contributed by atoms with Crippen LogP contribution in [-0.2, 0) is 0 Å². The molecule has 0 radical (unpaired) electrons. The molecular weight excluding hydrogens is 264 g/mol. The normalized spacial score (nSPS) is 12.4. The SMILES string of the molecule is c1ccc(-c2ccc(-c3ccc4c(c3)OCO4)nn2)cc1. The highest BCUT2D eigenvalue weighted by Crippen LogP contribution is 2.35. The average Bonchev–Trinajstić information content (AvgIpc) is 3.03. The second-order valence-corrected chi connectivity index (χ2v) is 4.74. The molecule has 4 heteroatoms. The van der Waals surface area contributed by atoms with Crippen LogP contribution in [0.4, 0.5) is 0 Å². The van der Waals surface area contributed by atoms with Crippen LogP contribution >= 0.6 is 0 Å². The van der Waals surface area contributed by atoms with Gasteiger partial charge in [-0.2, -0.15) is 0 Å². The molecule has 0 saturated heterocycles. The Balaban J connectivity index is 1.68. The Kier molecular flexibility index (Phi) is 2.78. The summed E-state index contributed by atoms with van der Waals surface area (Å²) in [6.45, 7) is 0.275. The summed E-state index contributed by atoms with van der Waals surface area (Å²) < 4.78 is 10.7. The Morgan fingerprint density at radius 1 is 0.667 bits per heavy atom. The Morgan fingerprint density at radius 2 is 1.38 bits per heavy atom. The Labute approximate surface area is 122 Å². The van der Waals surface area contributed by atoms with Crippen molar-refractivity contribution in [2.45, 2.75) is 0 Å². The minimum atomic E-state index is 0.275. The molecule has 102 valence electrons. The number of aromatic nitrogens is 2. The van der Waals surface area contributed by atoms with Crippen molar-refractivity contribution < 1.29 is 9.47 Å². The summed E-state index contributed by atoms with van der Waals surface area (Å²) in [6.07, 6.45) is 0. The van der Waals surface area contributed by atoms with Gasteiger partial charge in [0.25, 0.3) is 0 Å². The number of ether oxygens (including phenoxy) is 2. The van der Waals surface area contributed by atoms with E-state index in [0.29, 0.717) is 0 Å². The molecule has 2 heterocycles. The monoisotopic (exact) mass is 276 g/mol. The van der Waals surface area contributed by atoms with Crippen LogP contribution in [0.2, 0.25) is 0 Å². The van der Waals surface area contributed by atoms with Gasteiger partial charge in [-0.15, -0.1) is 10.2 Å². The maximum Gasteiger partial charge on any atom is 0.231 e. The van der Waals surface area contributed by atoms with Crippen LogP contribution in [-0.4, -0.2) is 17.0 Å². The molecule has 0 bridgehead atoms. The summed E-state index contributed by atoms with van der Waals surface area (Å²) in [7, 11) is 0. The minimum Gasteiger partial charge on any atom is -0.454 e. The van der Waals surface area contributed by atoms with Gasteiger partial charge in [0, 0.05) is 11.1 Å². The first-order chi connectivity index (χ1) is 10.4. The van der Waals surface area contributed by atoms with E-state index in [1.807, 2.05) is 60.7 Å². The molecular formula is C17H12N2O2. The van der Waals surface area contributed by atoms with Gasteiger partial charge in [-0.25, -0.2) is 0 Å². The number of benzene rings is 2. The highest BCUT2D eigenvalue weighted by atomic mass is 16.7. The predicted molar refractivity (Wildman–Crippen MR) is 79.0 cm³/mol. The third-order valence-corrected chi connectivity index (χ3v) is 3.40. The smallest absolute Gasteiger partial charge is 0.231 e. The first kappa shape index (κ1) is 11.9. The molecule has 0 spiro atoms. The first-order valence-corrected chi connectivity index (χ1v) is 6.69. The van der Waals surface area contributed by atoms with Crippen LogP contribution in [0, 0.1) is 0 Å². The third kappa shape index (κ3) is 2.21. The molecule has 1 aromatic heterocycles. The van der Waals surface area contributed by atoms with Gasteiger partial charge in [0.15, 0.2) is 11.5 Å². The van der Waals surface area contributed by atoms with Crippen molar-refractivity contribution in [2.24, 2.45) is 0 Å². The lowest BCUT2D eigenvalue weighted by Crippen LogP contribution is -1.93. The molecule has 3 aromatic rings. The zero-order valence-corrected chi connectivity index (χ0v) is 11.2. The van der Waals surface area contributed by atoms with Gasteiger partial charge in [-0.05, 0) is 30.3 Å².